The fourth-order valence-corrected chi connectivity index (χ4v) is 4.90. The molecule has 1 heterocycles. The standard InChI is InChI=1S/C22H27NO5S/c1-13(2)23(20(25)16-10-9-14(3)11-18(16)24)17-12-19(15-7-5-4-6-8-15)29-21(17)28-22(26)27/h4-8,12-14,16,18,24H,9-11H2,1-3H3,(H,26,27)/t14-,16-,18+/m1/s1. The van der Waals surface area contributed by atoms with Crippen LogP contribution < -0.4 is 9.64 Å². The number of nitrogens with zero attached hydrogens (tertiary/aromatic N) is 1. The molecule has 7 heteroatoms. The predicted molar refractivity (Wildman–Crippen MR) is 114 cm³/mol. The van der Waals surface area contributed by atoms with Crippen molar-refractivity contribution in [1.82, 2.24) is 0 Å². The Morgan fingerprint density at radius 1 is 1.21 bits per heavy atom. The number of aliphatic hydroxyl groups excluding tert-OH is 1. The van der Waals surface area contributed by atoms with Crippen molar-refractivity contribution in [1.29, 1.82) is 0 Å². The summed E-state index contributed by atoms with van der Waals surface area (Å²) in [6, 6.07) is 11.1. The Morgan fingerprint density at radius 2 is 1.90 bits per heavy atom. The van der Waals surface area contributed by atoms with Crippen LogP contribution in [0.25, 0.3) is 10.4 Å². The lowest BCUT2D eigenvalue weighted by Gasteiger charge is -2.36. The van der Waals surface area contributed by atoms with Crippen LogP contribution in [0.1, 0.15) is 40.0 Å². The number of hydrogen-bond donors (Lipinski definition) is 2. The van der Waals surface area contributed by atoms with Crippen LogP contribution in [0.4, 0.5) is 10.5 Å². The lowest BCUT2D eigenvalue weighted by atomic mass is 9.80. The molecule has 0 radical (unpaired) electrons. The molecule has 1 aromatic heterocycles. The minimum atomic E-state index is -1.42. The summed E-state index contributed by atoms with van der Waals surface area (Å²) in [4.78, 5) is 27.1. The Balaban J connectivity index is 2.00. The molecule has 6 nitrogen and oxygen atoms in total. The van der Waals surface area contributed by atoms with Crippen molar-refractivity contribution < 1.29 is 24.5 Å². The molecule has 1 aliphatic carbocycles. The van der Waals surface area contributed by atoms with Gasteiger partial charge in [0.1, 0.15) is 0 Å². The summed E-state index contributed by atoms with van der Waals surface area (Å²) in [5.74, 6) is -0.295. The number of rotatable bonds is 5. The van der Waals surface area contributed by atoms with Crippen molar-refractivity contribution in [2.75, 3.05) is 4.90 Å². The van der Waals surface area contributed by atoms with Crippen LogP contribution >= 0.6 is 11.3 Å². The van der Waals surface area contributed by atoms with Gasteiger partial charge in [-0.25, -0.2) is 4.79 Å². The first kappa shape index (κ1) is 21.3. The Morgan fingerprint density at radius 3 is 2.48 bits per heavy atom. The Labute approximate surface area is 174 Å². The Hall–Kier alpha value is -2.38. The van der Waals surface area contributed by atoms with E-state index in [9.17, 15) is 19.8 Å². The van der Waals surface area contributed by atoms with Gasteiger partial charge in [0.15, 0.2) is 0 Å². The molecule has 3 rings (SSSR count). The molecule has 29 heavy (non-hydrogen) atoms. The van der Waals surface area contributed by atoms with E-state index in [1.807, 2.05) is 44.2 Å². The van der Waals surface area contributed by atoms with Gasteiger partial charge in [0.05, 0.1) is 17.7 Å². The highest BCUT2D eigenvalue weighted by molar-refractivity contribution is 7.18. The number of ether oxygens (including phenoxy) is 1. The van der Waals surface area contributed by atoms with E-state index in [1.54, 1.807) is 11.0 Å². The number of carboxylic acid groups (broad SMARTS) is 1. The quantitative estimate of drug-likeness (QED) is 0.668. The molecule has 1 amide bonds. The van der Waals surface area contributed by atoms with Gasteiger partial charge in [-0.05, 0) is 50.7 Å². The van der Waals surface area contributed by atoms with Crippen LogP contribution in [-0.4, -0.2) is 34.4 Å². The minimum Gasteiger partial charge on any atom is -0.449 e. The third kappa shape index (κ3) is 4.79. The van der Waals surface area contributed by atoms with Crippen LogP contribution in [0, 0.1) is 11.8 Å². The number of aliphatic hydroxyl groups is 1. The maximum absolute atomic E-state index is 13.4. The van der Waals surface area contributed by atoms with Gasteiger partial charge in [0.2, 0.25) is 11.0 Å². The smallest absolute Gasteiger partial charge is 0.449 e. The molecule has 0 unspecified atom stereocenters. The van der Waals surface area contributed by atoms with Crippen LogP contribution in [0.3, 0.4) is 0 Å². The summed E-state index contributed by atoms with van der Waals surface area (Å²) in [6.07, 6.45) is -0.00919. The zero-order valence-electron chi connectivity index (χ0n) is 16.9. The van der Waals surface area contributed by atoms with E-state index in [1.165, 1.54) is 11.3 Å². The molecular formula is C22H27NO5S. The fraction of sp³-hybridized carbons (Fsp3) is 0.455. The molecule has 1 fully saturated rings. The third-order valence-corrected chi connectivity index (χ3v) is 6.38. The molecule has 156 valence electrons. The zero-order valence-corrected chi connectivity index (χ0v) is 17.7. The second-order valence-electron chi connectivity index (χ2n) is 7.91. The van der Waals surface area contributed by atoms with E-state index in [0.29, 0.717) is 24.4 Å². The minimum absolute atomic E-state index is 0.164. The van der Waals surface area contributed by atoms with Crippen molar-refractivity contribution in [3.63, 3.8) is 0 Å². The van der Waals surface area contributed by atoms with E-state index >= 15 is 0 Å². The molecule has 0 aliphatic heterocycles. The highest BCUT2D eigenvalue weighted by Crippen LogP contribution is 2.44. The SMILES string of the molecule is CC(C)N(C(=O)[C@@H]1CC[C@@H](C)C[C@@H]1O)c1cc(-c2ccccc2)sc1OC(=O)O. The molecular weight excluding hydrogens is 390 g/mol. The topological polar surface area (TPSA) is 87.1 Å². The molecule has 3 atom stereocenters. The number of anilines is 1. The van der Waals surface area contributed by atoms with E-state index in [-0.39, 0.29) is 17.0 Å². The number of thiophene rings is 1. The number of amides is 1. The first-order chi connectivity index (χ1) is 13.8. The van der Waals surface area contributed by atoms with Gasteiger partial charge in [0, 0.05) is 10.9 Å². The number of benzene rings is 1. The summed E-state index contributed by atoms with van der Waals surface area (Å²) in [5.41, 5.74) is 1.35. The van der Waals surface area contributed by atoms with Gasteiger partial charge in [-0.2, -0.15) is 0 Å². The van der Waals surface area contributed by atoms with Crippen LogP contribution in [0.15, 0.2) is 36.4 Å². The number of carbonyl (C=O) groups is 2. The second kappa shape index (κ2) is 8.97. The van der Waals surface area contributed by atoms with Gasteiger partial charge in [-0.1, -0.05) is 48.6 Å². The second-order valence-corrected chi connectivity index (χ2v) is 8.93. The van der Waals surface area contributed by atoms with Crippen molar-refractivity contribution in [2.24, 2.45) is 11.8 Å². The average molecular weight is 418 g/mol. The summed E-state index contributed by atoms with van der Waals surface area (Å²) < 4.78 is 5.04. The zero-order chi connectivity index (χ0) is 21.1. The molecule has 0 saturated heterocycles. The molecule has 0 bridgehead atoms. The van der Waals surface area contributed by atoms with Crippen LogP contribution in [0.2, 0.25) is 0 Å². The van der Waals surface area contributed by atoms with Gasteiger partial charge < -0.3 is 19.8 Å². The first-order valence-corrected chi connectivity index (χ1v) is 10.7. The maximum Gasteiger partial charge on any atom is 0.512 e. The van der Waals surface area contributed by atoms with E-state index in [2.05, 4.69) is 6.92 Å². The van der Waals surface area contributed by atoms with Crippen molar-refractivity contribution in [3.05, 3.63) is 36.4 Å². The van der Waals surface area contributed by atoms with E-state index in [0.717, 1.165) is 16.9 Å². The molecule has 1 aliphatic rings. The molecule has 2 N–H and O–H groups in total. The highest BCUT2D eigenvalue weighted by atomic mass is 32.1. The number of carbonyl (C=O) groups excluding carboxylic acids is 1. The predicted octanol–water partition coefficient (Wildman–Crippen LogP) is 5.01. The van der Waals surface area contributed by atoms with Gasteiger partial charge in [-0.15, -0.1) is 0 Å². The fourth-order valence-electron chi connectivity index (χ4n) is 3.90. The monoisotopic (exact) mass is 417 g/mol. The van der Waals surface area contributed by atoms with E-state index < -0.39 is 18.2 Å². The summed E-state index contributed by atoms with van der Waals surface area (Å²) >= 11 is 1.19. The third-order valence-electron chi connectivity index (χ3n) is 5.33. The van der Waals surface area contributed by atoms with Gasteiger partial charge in [-0.3, -0.25) is 4.79 Å². The number of hydrogen-bond acceptors (Lipinski definition) is 5. The Bertz CT molecular complexity index is 863. The largest absolute Gasteiger partial charge is 0.512 e. The summed E-state index contributed by atoms with van der Waals surface area (Å²) in [5, 5.41) is 19.9. The maximum atomic E-state index is 13.4. The van der Waals surface area contributed by atoms with Gasteiger partial charge in [0.25, 0.3) is 0 Å². The Kier molecular flexibility index (Phi) is 6.59. The first-order valence-electron chi connectivity index (χ1n) is 9.89. The normalized spacial score (nSPS) is 21.8. The molecule has 1 saturated carbocycles. The molecule has 1 aromatic carbocycles. The van der Waals surface area contributed by atoms with E-state index in [4.69, 9.17) is 4.74 Å². The van der Waals surface area contributed by atoms with Gasteiger partial charge >= 0.3 is 6.16 Å². The lowest BCUT2D eigenvalue weighted by molar-refractivity contribution is -0.128. The summed E-state index contributed by atoms with van der Waals surface area (Å²) in [6.45, 7) is 5.83. The molecule has 0 spiro atoms. The van der Waals surface area contributed by atoms with Crippen LogP contribution in [0.5, 0.6) is 5.06 Å². The van der Waals surface area contributed by atoms with Crippen molar-refractivity contribution in [2.45, 2.75) is 52.2 Å². The highest BCUT2D eigenvalue weighted by Gasteiger charge is 2.37. The van der Waals surface area contributed by atoms with Crippen LogP contribution in [-0.2, 0) is 4.79 Å². The van der Waals surface area contributed by atoms with Crippen molar-refractivity contribution >= 4 is 29.1 Å². The summed E-state index contributed by atoms with van der Waals surface area (Å²) in [7, 11) is 0. The molecule has 2 aromatic rings. The average Bonchev–Trinajstić information content (AvgIpc) is 3.05. The lowest BCUT2D eigenvalue weighted by Crippen LogP contribution is -2.46. The van der Waals surface area contributed by atoms with Crippen molar-refractivity contribution in [3.8, 4) is 15.5 Å².